The SMILES string of the molecule is O=C1CC(c2cccc(F)c2)=Nc2cccc(C(F)(F)F)c21. The highest BCUT2D eigenvalue weighted by atomic mass is 19.4. The van der Waals surface area contributed by atoms with Crippen LogP contribution in [0.1, 0.15) is 27.9 Å². The van der Waals surface area contributed by atoms with Gasteiger partial charge in [0, 0.05) is 0 Å². The fourth-order valence-electron chi connectivity index (χ4n) is 2.42. The molecule has 0 fully saturated rings. The molecule has 2 aromatic rings. The maximum absolute atomic E-state index is 13.2. The second kappa shape index (κ2) is 5.05. The molecule has 0 radical (unpaired) electrons. The molecule has 2 aromatic carbocycles. The number of hydrogen-bond acceptors (Lipinski definition) is 2. The summed E-state index contributed by atoms with van der Waals surface area (Å²) in [5.41, 5.74) is -0.801. The molecule has 1 aliphatic heterocycles. The lowest BCUT2D eigenvalue weighted by atomic mass is 9.92. The Morgan fingerprint density at radius 1 is 1.05 bits per heavy atom. The van der Waals surface area contributed by atoms with E-state index in [0.29, 0.717) is 5.56 Å². The number of rotatable bonds is 1. The Balaban J connectivity index is 2.15. The molecule has 2 nitrogen and oxygen atoms in total. The smallest absolute Gasteiger partial charge is 0.294 e. The molecule has 0 amide bonds. The van der Waals surface area contributed by atoms with Crippen molar-refractivity contribution in [3.63, 3.8) is 0 Å². The van der Waals surface area contributed by atoms with Gasteiger partial charge in [0.1, 0.15) is 5.82 Å². The molecule has 0 N–H and O–H groups in total. The zero-order chi connectivity index (χ0) is 15.9. The molecule has 6 heteroatoms. The summed E-state index contributed by atoms with van der Waals surface area (Å²) in [5.74, 6) is -1.17. The van der Waals surface area contributed by atoms with Crippen molar-refractivity contribution in [2.45, 2.75) is 12.6 Å². The molecule has 1 aliphatic rings. The number of carbonyl (C=O) groups excluding carboxylic acids is 1. The summed E-state index contributed by atoms with van der Waals surface area (Å²) in [5, 5.41) is 0. The number of hydrogen-bond donors (Lipinski definition) is 0. The first-order chi connectivity index (χ1) is 10.4. The average molecular weight is 307 g/mol. The van der Waals surface area contributed by atoms with Gasteiger partial charge in [-0.2, -0.15) is 13.2 Å². The number of halogens is 4. The second-order valence-electron chi connectivity index (χ2n) is 4.87. The molecule has 1 heterocycles. The van der Waals surface area contributed by atoms with E-state index in [2.05, 4.69) is 4.99 Å². The van der Waals surface area contributed by atoms with Crippen LogP contribution < -0.4 is 0 Å². The molecule has 0 spiro atoms. The number of ketones is 1. The van der Waals surface area contributed by atoms with Crippen LogP contribution in [0.3, 0.4) is 0 Å². The van der Waals surface area contributed by atoms with Crippen molar-refractivity contribution < 1.29 is 22.4 Å². The Bertz CT molecular complexity index is 793. The standard InChI is InChI=1S/C16H9F4NO/c17-10-4-1-3-9(7-10)13-8-14(22)15-11(16(18,19)20)5-2-6-12(15)21-13/h1-7H,8H2. The Morgan fingerprint density at radius 2 is 1.77 bits per heavy atom. The highest BCUT2D eigenvalue weighted by molar-refractivity contribution is 6.21. The zero-order valence-corrected chi connectivity index (χ0v) is 11.1. The van der Waals surface area contributed by atoms with Crippen LogP contribution in [0.4, 0.5) is 23.2 Å². The summed E-state index contributed by atoms with van der Waals surface area (Å²) in [7, 11) is 0. The molecule has 22 heavy (non-hydrogen) atoms. The lowest BCUT2D eigenvalue weighted by molar-refractivity contribution is -0.137. The molecule has 0 unspecified atom stereocenters. The Morgan fingerprint density at radius 3 is 2.45 bits per heavy atom. The number of aliphatic imine (C=N–C) groups is 1. The van der Waals surface area contributed by atoms with Gasteiger partial charge in [-0.25, -0.2) is 4.39 Å². The van der Waals surface area contributed by atoms with Crippen molar-refractivity contribution in [2.24, 2.45) is 4.99 Å². The summed E-state index contributed by atoms with van der Waals surface area (Å²) in [6.45, 7) is 0. The first kappa shape index (κ1) is 14.4. The third-order valence-electron chi connectivity index (χ3n) is 3.37. The monoisotopic (exact) mass is 307 g/mol. The minimum absolute atomic E-state index is 0.0367. The number of alkyl halides is 3. The van der Waals surface area contributed by atoms with Crippen molar-refractivity contribution >= 4 is 17.2 Å². The molecule has 0 aromatic heterocycles. The number of fused-ring (bicyclic) bond motifs is 1. The molecular weight excluding hydrogens is 298 g/mol. The van der Waals surface area contributed by atoms with E-state index in [1.807, 2.05) is 0 Å². The van der Waals surface area contributed by atoms with Gasteiger partial charge in [0.2, 0.25) is 0 Å². The summed E-state index contributed by atoms with van der Waals surface area (Å²) < 4.78 is 52.2. The Kier molecular flexibility index (Phi) is 3.31. The van der Waals surface area contributed by atoms with E-state index < -0.39 is 28.9 Å². The maximum Gasteiger partial charge on any atom is 0.417 e. The number of nitrogens with zero attached hydrogens (tertiary/aromatic N) is 1. The molecule has 0 aliphatic carbocycles. The van der Waals surface area contributed by atoms with E-state index in [0.717, 1.165) is 6.07 Å². The molecule has 3 rings (SSSR count). The summed E-state index contributed by atoms with van der Waals surface area (Å²) in [6, 6.07) is 8.87. The van der Waals surface area contributed by atoms with Crippen molar-refractivity contribution in [3.05, 3.63) is 65.0 Å². The largest absolute Gasteiger partial charge is 0.417 e. The minimum Gasteiger partial charge on any atom is -0.294 e. The fraction of sp³-hybridized carbons (Fsp3) is 0.125. The van der Waals surface area contributed by atoms with Crippen molar-refractivity contribution in [1.82, 2.24) is 0 Å². The van der Waals surface area contributed by atoms with Crippen molar-refractivity contribution in [3.8, 4) is 0 Å². The van der Waals surface area contributed by atoms with Gasteiger partial charge in [0.15, 0.2) is 5.78 Å². The van der Waals surface area contributed by atoms with Gasteiger partial charge in [-0.1, -0.05) is 18.2 Å². The molecule has 112 valence electrons. The molecule has 0 saturated carbocycles. The predicted molar refractivity (Wildman–Crippen MR) is 73.0 cm³/mol. The van der Waals surface area contributed by atoms with Crippen LogP contribution in [0.2, 0.25) is 0 Å². The highest BCUT2D eigenvalue weighted by Crippen LogP contribution is 2.39. The van der Waals surface area contributed by atoms with Crippen LogP contribution in [-0.4, -0.2) is 11.5 Å². The van der Waals surface area contributed by atoms with Crippen LogP contribution in [0.25, 0.3) is 0 Å². The topological polar surface area (TPSA) is 29.4 Å². The lowest BCUT2D eigenvalue weighted by Crippen LogP contribution is -2.19. The fourth-order valence-corrected chi connectivity index (χ4v) is 2.42. The van der Waals surface area contributed by atoms with E-state index in [1.165, 1.54) is 30.3 Å². The highest BCUT2D eigenvalue weighted by Gasteiger charge is 2.37. The van der Waals surface area contributed by atoms with Gasteiger partial charge in [-0.3, -0.25) is 9.79 Å². The van der Waals surface area contributed by atoms with Gasteiger partial charge in [0.05, 0.1) is 28.9 Å². The number of carbonyl (C=O) groups is 1. The van der Waals surface area contributed by atoms with Crippen LogP contribution >= 0.6 is 0 Å². The van der Waals surface area contributed by atoms with Crippen molar-refractivity contribution in [1.29, 1.82) is 0 Å². The van der Waals surface area contributed by atoms with Crippen LogP contribution in [-0.2, 0) is 6.18 Å². The Hall–Kier alpha value is -2.50. The van der Waals surface area contributed by atoms with Gasteiger partial charge >= 0.3 is 6.18 Å². The third-order valence-corrected chi connectivity index (χ3v) is 3.37. The van der Waals surface area contributed by atoms with E-state index >= 15 is 0 Å². The van der Waals surface area contributed by atoms with Gasteiger partial charge in [-0.15, -0.1) is 0 Å². The molecule has 0 atom stereocenters. The summed E-state index contributed by atoms with van der Waals surface area (Å²) >= 11 is 0. The number of benzene rings is 2. The van der Waals surface area contributed by atoms with Crippen molar-refractivity contribution in [2.75, 3.05) is 0 Å². The van der Waals surface area contributed by atoms with E-state index in [-0.39, 0.29) is 17.8 Å². The quantitative estimate of drug-likeness (QED) is 0.711. The predicted octanol–water partition coefficient (Wildman–Crippen LogP) is 4.55. The zero-order valence-electron chi connectivity index (χ0n) is 11.1. The normalized spacial score (nSPS) is 14.5. The molecular formula is C16H9F4NO. The van der Waals surface area contributed by atoms with Gasteiger partial charge in [-0.05, 0) is 29.8 Å². The van der Waals surface area contributed by atoms with E-state index in [4.69, 9.17) is 0 Å². The van der Waals surface area contributed by atoms with Crippen LogP contribution in [0, 0.1) is 5.82 Å². The van der Waals surface area contributed by atoms with Gasteiger partial charge in [0.25, 0.3) is 0 Å². The van der Waals surface area contributed by atoms with Gasteiger partial charge < -0.3 is 0 Å². The lowest BCUT2D eigenvalue weighted by Gasteiger charge is -2.19. The van der Waals surface area contributed by atoms with E-state index in [1.54, 1.807) is 6.07 Å². The maximum atomic E-state index is 13.2. The molecule has 0 bridgehead atoms. The first-order valence-corrected chi connectivity index (χ1v) is 6.43. The van der Waals surface area contributed by atoms with Crippen LogP contribution in [0.5, 0.6) is 0 Å². The van der Waals surface area contributed by atoms with Crippen LogP contribution in [0.15, 0.2) is 47.5 Å². The Labute approximate surface area is 123 Å². The summed E-state index contributed by atoms with van der Waals surface area (Å²) in [6.07, 6.45) is -4.91. The first-order valence-electron chi connectivity index (χ1n) is 6.43. The van der Waals surface area contributed by atoms with E-state index in [9.17, 15) is 22.4 Å². The minimum atomic E-state index is -4.62. The third kappa shape index (κ3) is 2.52. The summed E-state index contributed by atoms with van der Waals surface area (Å²) in [4.78, 5) is 16.3. The second-order valence-corrected chi connectivity index (χ2v) is 4.87. The molecule has 0 saturated heterocycles. The number of Topliss-reactive ketones (excluding diaryl/α,β-unsaturated/α-hetero) is 1. The average Bonchev–Trinajstić information content (AvgIpc) is 2.45.